The number of carbonyl (C=O) groups is 2. The topological polar surface area (TPSA) is 87.7 Å². The molecule has 7 heteroatoms. The second kappa shape index (κ2) is 6.89. The first-order chi connectivity index (χ1) is 6.11. The Bertz CT molecular complexity index is 187. The van der Waals surface area contributed by atoms with Crippen LogP contribution in [0.3, 0.4) is 0 Å². The van der Waals surface area contributed by atoms with Gasteiger partial charge in [-0.15, -0.1) is 0 Å². The summed E-state index contributed by atoms with van der Waals surface area (Å²) in [6, 6.07) is -0.627. The van der Waals surface area contributed by atoms with Crippen molar-refractivity contribution in [1.82, 2.24) is 10.9 Å². The Kier molecular flexibility index (Phi) is 6.59. The predicted octanol–water partition coefficient (Wildman–Crippen LogP) is 0.125. The molecule has 0 bridgehead atoms. The fourth-order valence-corrected chi connectivity index (χ4v) is 1.27. The average molecular weight is 302 g/mol. The first-order valence-corrected chi connectivity index (χ1v) is 5.02. The first-order valence-electron chi connectivity index (χ1n) is 3.50. The number of ether oxygens (including phenoxy) is 1. The van der Waals surface area contributed by atoms with Crippen LogP contribution in [0.4, 0.5) is 4.79 Å². The first kappa shape index (κ1) is 12.4. The number of carbonyl (C=O) groups excluding carboxylic acids is 1. The molecule has 0 unspecified atom stereocenters. The minimum atomic E-state index is -1.23. The lowest BCUT2D eigenvalue weighted by Gasteiger charge is -2.14. The zero-order valence-electron chi connectivity index (χ0n) is 7.04. The van der Waals surface area contributed by atoms with Crippen LogP contribution in [0, 0.1) is 0 Å². The van der Waals surface area contributed by atoms with Gasteiger partial charge in [-0.2, -0.15) is 0 Å². The molecular formula is C6H11IN2O4. The van der Waals surface area contributed by atoms with Crippen LogP contribution >= 0.6 is 22.6 Å². The summed E-state index contributed by atoms with van der Waals surface area (Å²) in [7, 11) is 1.25. The van der Waals surface area contributed by atoms with Crippen molar-refractivity contribution in [3.8, 4) is 0 Å². The van der Waals surface area contributed by atoms with Crippen molar-refractivity contribution in [1.29, 1.82) is 0 Å². The van der Waals surface area contributed by atoms with Gasteiger partial charge in [0.15, 0.2) is 0 Å². The zero-order valence-corrected chi connectivity index (χ0v) is 9.20. The van der Waals surface area contributed by atoms with E-state index in [9.17, 15) is 9.59 Å². The smallest absolute Gasteiger partial charge is 0.419 e. The third-order valence-corrected chi connectivity index (χ3v) is 1.86. The normalized spacial score (nSPS) is 11.8. The number of hydrazine groups is 1. The average Bonchev–Trinajstić information content (AvgIpc) is 2.10. The van der Waals surface area contributed by atoms with Crippen LogP contribution in [0.25, 0.3) is 0 Å². The van der Waals surface area contributed by atoms with Gasteiger partial charge >= 0.3 is 12.1 Å². The van der Waals surface area contributed by atoms with Crippen molar-refractivity contribution in [2.75, 3.05) is 11.5 Å². The maximum Gasteiger partial charge on any atom is 0.419 e. The van der Waals surface area contributed by atoms with Gasteiger partial charge in [-0.3, -0.25) is 10.2 Å². The predicted molar refractivity (Wildman–Crippen MR) is 53.6 cm³/mol. The van der Waals surface area contributed by atoms with Gasteiger partial charge in [0, 0.05) is 4.43 Å². The highest BCUT2D eigenvalue weighted by Gasteiger charge is 2.18. The Balaban J connectivity index is 3.93. The highest BCUT2D eigenvalue weighted by Crippen LogP contribution is 1.97. The fourth-order valence-electron chi connectivity index (χ4n) is 0.649. The molecule has 0 fully saturated rings. The molecule has 6 nitrogen and oxygen atoms in total. The molecule has 13 heavy (non-hydrogen) atoms. The summed E-state index contributed by atoms with van der Waals surface area (Å²) in [6.45, 7) is 0. The molecule has 0 saturated heterocycles. The number of methoxy groups -OCH3 is 1. The molecule has 0 rings (SSSR count). The van der Waals surface area contributed by atoms with E-state index in [1.807, 2.05) is 5.43 Å². The lowest BCUT2D eigenvalue weighted by atomic mass is 10.2. The highest BCUT2D eigenvalue weighted by atomic mass is 127. The molecule has 76 valence electrons. The summed E-state index contributed by atoms with van der Waals surface area (Å²) in [5.41, 5.74) is 4.25. The van der Waals surface area contributed by atoms with Crippen molar-refractivity contribution < 1.29 is 19.4 Å². The van der Waals surface area contributed by atoms with E-state index in [0.717, 1.165) is 4.43 Å². The lowest BCUT2D eigenvalue weighted by Crippen LogP contribution is -2.48. The molecule has 0 aliphatic rings. The van der Waals surface area contributed by atoms with Gasteiger partial charge < -0.3 is 9.84 Å². The molecule has 0 heterocycles. The Morgan fingerprint density at radius 2 is 2.23 bits per heavy atom. The van der Waals surface area contributed by atoms with Crippen LogP contribution in [0.2, 0.25) is 0 Å². The molecule has 0 spiro atoms. The maximum absolute atomic E-state index is 11.0. The van der Waals surface area contributed by atoms with Gasteiger partial charge in [0.1, 0.15) is 6.04 Å². The quantitative estimate of drug-likeness (QED) is 0.291. The number of nitrogens with one attached hydrogen (secondary N) is 2. The van der Waals surface area contributed by atoms with Gasteiger partial charge in [-0.1, -0.05) is 22.6 Å². The third kappa shape index (κ3) is 5.64. The van der Waals surface area contributed by atoms with Crippen LogP contribution in [-0.2, 0) is 9.53 Å². The third-order valence-electron chi connectivity index (χ3n) is 1.24. The second-order valence-electron chi connectivity index (χ2n) is 2.13. The summed E-state index contributed by atoms with van der Waals surface area (Å²) in [6.07, 6.45) is -0.726. The van der Waals surface area contributed by atoms with Crippen molar-refractivity contribution in [3.63, 3.8) is 0 Å². The summed E-state index contributed by atoms with van der Waals surface area (Å²) < 4.78 is 5.19. The summed E-state index contributed by atoms with van der Waals surface area (Å²) in [4.78, 5) is 21.1. The number of alkyl halides is 1. The van der Waals surface area contributed by atoms with E-state index < -0.39 is 18.1 Å². The summed E-state index contributed by atoms with van der Waals surface area (Å²) >= 11 is 2.09. The Morgan fingerprint density at radius 3 is 2.62 bits per heavy atom. The number of hydrogen-bond donors (Lipinski definition) is 3. The molecule has 0 aromatic heterocycles. The Hall–Kier alpha value is -0.570. The molecular weight excluding hydrogens is 291 g/mol. The van der Waals surface area contributed by atoms with Gasteiger partial charge in [-0.25, -0.2) is 10.2 Å². The van der Waals surface area contributed by atoms with Crippen LogP contribution in [-0.4, -0.2) is 34.7 Å². The number of carboxylic acid groups (broad SMARTS) is 1. The van der Waals surface area contributed by atoms with Gasteiger partial charge in [0.25, 0.3) is 0 Å². The van der Waals surface area contributed by atoms with E-state index in [0.29, 0.717) is 6.42 Å². The van der Waals surface area contributed by atoms with Crippen LogP contribution < -0.4 is 10.9 Å². The molecule has 0 aliphatic heterocycles. The standard InChI is InChI=1S/C6H11IN2O4/c1-13-5(10)4(2-3-7)8-9-6(11)12/h4,8-9H,2-3H2,1H3,(H,11,12)/t4-/m0/s1. The number of esters is 1. The Labute approximate surface area is 89.1 Å². The minimum absolute atomic E-state index is 0.481. The molecule has 0 aromatic carbocycles. The van der Waals surface area contributed by atoms with Crippen molar-refractivity contribution in [3.05, 3.63) is 0 Å². The van der Waals surface area contributed by atoms with Crippen molar-refractivity contribution >= 4 is 34.7 Å². The monoisotopic (exact) mass is 302 g/mol. The highest BCUT2D eigenvalue weighted by molar-refractivity contribution is 14.1. The van der Waals surface area contributed by atoms with Gasteiger partial charge in [-0.05, 0) is 6.42 Å². The minimum Gasteiger partial charge on any atom is -0.468 e. The number of hydrogen-bond acceptors (Lipinski definition) is 4. The molecule has 0 aliphatic carbocycles. The summed E-state index contributed by atoms with van der Waals surface area (Å²) in [5, 5.41) is 8.26. The number of amides is 1. The van der Waals surface area contributed by atoms with Crippen LogP contribution in [0.1, 0.15) is 6.42 Å². The second-order valence-corrected chi connectivity index (χ2v) is 3.21. The van der Waals surface area contributed by atoms with E-state index in [4.69, 9.17) is 5.11 Å². The lowest BCUT2D eigenvalue weighted by molar-refractivity contribution is -0.143. The van der Waals surface area contributed by atoms with Crippen LogP contribution in [0.15, 0.2) is 0 Å². The van der Waals surface area contributed by atoms with Gasteiger partial charge in [0.2, 0.25) is 0 Å². The van der Waals surface area contributed by atoms with E-state index in [2.05, 4.69) is 32.8 Å². The largest absolute Gasteiger partial charge is 0.468 e. The zero-order chi connectivity index (χ0) is 10.3. The molecule has 0 radical (unpaired) electrons. The van der Waals surface area contributed by atoms with Gasteiger partial charge in [0.05, 0.1) is 7.11 Å². The van der Waals surface area contributed by atoms with E-state index in [1.54, 1.807) is 0 Å². The SMILES string of the molecule is COC(=O)[C@H](CCI)NNC(=O)O. The van der Waals surface area contributed by atoms with E-state index in [-0.39, 0.29) is 0 Å². The molecule has 0 aromatic rings. The maximum atomic E-state index is 11.0. The van der Waals surface area contributed by atoms with Crippen molar-refractivity contribution in [2.24, 2.45) is 0 Å². The number of rotatable bonds is 5. The van der Waals surface area contributed by atoms with Crippen molar-refractivity contribution in [2.45, 2.75) is 12.5 Å². The fraction of sp³-hybridized carbons (Fsp3) is 0.667. The molecule has 1 atom stereocenters. The Morgan fingerprint density at radius 1 is 1.62 bits per heavy atom. The summed E-state index contributed by atoms with van der Waals surface area (Å²) in [5.74, 6) is -0.481. The molecule has 1 amide bonds. The molecule has 0 saturated carbocycles. The number of halogens is 1. The van der Waals surface area contributed by atoms with Crippen LogP contribution in [0.5, 0.6) is 0 Å². The molecule has 3 N–H and O–H groups in total. The van der Waals surface area contributed by atoms with E-state index >= 15 is 0 Å². The van der Waals surface area contributed by atoms with E-state index in [1.165, 1.54) is 7.11 Å².